The number of carboxylic acid groups (broad SMARTS) is 1. The number of unbranched alkanes of at least 4 members (excludes halogenated alkanes) is 1. The lowest BCUT2D eigenvalue weighted by Gasteiger charge is -2.02. The summed E-state index contributed by atoms with van der Waals surface area (Å²) in [5, 5.41) is 8.58. The van der Waals surface area contributed by atoms with Crippen molar-refractivity contribution in [2.24, 2.45) is 5.92 Å². The van der Waals surface area contributed by atoms with Crippen molar-refractivity contribution in [3.63, 3.8) is 0 Å². The van der Waals surface area contributed by atoms with Crippen LogP contribution >= 0.6 is 0 Å². The first kappa shape index (κ1) is 4.31. The zero-order valence-electron chi connectivity index (χ0n) is 8.55. The second kappa shape index (κ2) is 4.36. The summed E-state index contributed by atoms with van der Waals surface area (Å²) in [4.78, 5) is 10.5. The first-order valence-corrected chi connectivity index (χ1v) is 3.12. The summed E-state index contributed by atoms with van der Waals surface area (Å²) in [5.74, 6) is -2.42. The van der Waals surface area contributed by atoms with Gasteiger partial charge in [0.25, 0.3) is 0 Å². The lowest BCUT2D eigenvalue weighted by Crippen LogP contribution is -2.08. The van der Waals surface area contributed by atoms with Gasteiger partial charge in [-0.1, -0.05) is 26.6 Å². The van der Waals surface area contributed by atoms with Crippen LogP contribution in [0.15, 0.2) is 0 Å². The van der Waals surface area contributed by atoms with Crippen molar-refractivity contribution < 1.29 is 14.0 Å². The van der Waals surface area contributed by atoms with Gasteiger partial charge in [-0.25, -0.2) is 0 Å². The molecule has 1 N–H and O–H groups in total. The highest BCUT2D eigenvalue weighted by Gasteiger charge is 2.08. The highest BCUT2D eigenvalue weighted by molar-refractivity contribution is 5.69. The van der Waals surface area contributed by atoms with Crippen molar-refractivity contribution in [2.45, 2.75) is 33.0 Å². The van der Waals surface area contributed by atoms with Crippen LogP contribution in [0.1, 0.15) is 37.2 Å². The molecule has 0 aromatic carbocycles. The maximum atomic E-state index is 10.5. The van der Waals surface area contributed by atoms with Crippen molar-refractivity contribution in [3.05, 3.63) is 0 Å². The quantitative estimate of drug-likeness (QED) is 0.636. The van der Waals surface area contributed by atoms with E-state index in [0.717, 1.165) is 6.42 Å². The van der Waals surface area contributed by atoms with Crippen LogP contribution in [0.3, 0.4) is 0 Å². The maximum Gasteiger partial charge on any atom is 0.306 e. The first-order valence-electron chi connectivity index (χ1n) is 4.62. The Kier molecular flexibility index (Phi) is 2.09. The monoisotopic (exact) mass is 133 g/mol. The molecular formula is C7H14O2. The fraction of sp³-hybridized carbons (Fsp3) is 0.857. The smallest absolute Gasteiger partial charge is 0.306 e. The SMILES string of the molecule is [2H]C([2H])([2H])C(CCCC)C(=O)O. The first-order chi connectivity index (χ1) is 5.39. The molecule has 0 spiro atoms. The highest BCUT2D eigenvalue weighted by atomic mass is 16.4. The van der Waals surface area contributed by atoms with E-state index in [0.29, 0.717) is 6.42 Å². The van der Waals surface area contributed by atoms with Gasteiger partial charge in [0.1, 0.15) is 0 Å². The lowest BCUT2D eigenvalue weighted by atomic mass is 10.1. The van der Waals surface area contributed by atoms with Gasteiger partial charge in [-0.3, -0.25) is 4.79 Å². The second-order valence-corrected chi connectivity index (χ2v) is 2.03. The summed E-state index contributed by atoms with van der Waals surface area (Å²) < 4.78 is 20.9. The Morgan fingerprint density at radius 1 is 1.89 bits per heavy atom. The van der Waals surface area contributed by atoms with Crippen molar-refractivity contribution in [1.82, 2.24) is 0 Å². The van der Waals surface area contributed by atoms with Gasteiger partial charge in [-0.2, -0.15) is 0 Å². The molecule has 0 aliphatic heterocycles. The topological polar surface area (TPSA) is 37.3 Å². The third-order valence-corrected chi connectivity index (χ3v) is 1.14. The van der Waals surface area contributed by atoms with E-state index in [4.69, 9.17) is 9.22 Å². The fourth-order valence-corrected chi connectivity index (χ4v) is 0.532. The third kappa shape index (κ3) is 4.01. The van der Waals surface area contributed by atoms with Crippen molar-refractivity contribution >= 4 is 5.97 Å². The van der Waals surface area contributed by atoms with Gasteiger partial charge in [0.05, 0.1) is 5.92 Å². The van der Waals surface area contributed by atoms with E-state index in [-0.39, 0.29) is 6.42 Å². The number of hydrogen-bond donors (Lipinski definition) is 1. The summed E-state index contributed by atoms with van der Waals surface area (Å²) in [7, 11) is 0. The maximum absolute atomic E-state index is 10.5. The van der Waals surface area contributed by atoms with Crippen LogP contribution in [0.4, 0.5) is 0 Å². The highest BCUT2D eigenvalue weighted by Crippen LogP contribution is 2.06. The Balaban J connectivity index is 4.15. The molecule has 0 saturated heterocycles. The summed E-state index contributed by atoms with van der Waals surface area (Å²) in [6.45, 7) is -0.459. The van der Waals surface area contributed by atoms with E-state index in [1.165, 1.54) is 0 Å². The molecule has 2 nitrogen and oxygen atoms in total. The Morgan fingerprint density at radius 2 is 2.56 bits per heavy atom. The number of rotatable bonds is 4. The average Bonchev–Trinajstić information content (AvgIpc) is 1.84. The molecule has 0 heterocycles. The van der Waals surface area contributed by atoms with E-state index < -0.39 is 18.7 Å². The molecular weight excluding hydrogens is 116 g/mol. The molecule has 9 heavy (non-hydrogen) atoms. The normalized spacial score (nSPS) is 19.4. The summed E-state index contributed by atoms with van der Waals surface area (Å²) >= 11 is 0. The molecule has 1 atom stereocenters. The van der Waals surface area contributed by atoms with E-state index in [9.17, 15) is 4.79 Å². The van der Waals surface area contributed by atoms with Gasteiger partial charge in [-0.05, 0) is 6.42 Å². The van der Waals surface area contributed by atoms with Crippen LogP contribution in [-0.2, 0) is 4.79 Å². The largest absolute Gasteiger partial charge is 0.481 e. The standard InChI is InChI=1S/C7H14O2/c1-3-4-5-6(2)7(8)9/h6H,3-5H2,1-2H3,(H,8,9)/i2D3. The number of carbonyl (C=O) groups is 1. The molecule has 2 heteroatoms. The van der Waals surface area contributed by atoms with Crippen molar-refractivity contribution in [3.8, 4) is 0 Å². The Morgan fingerprint density at radius 3 is 2.89 bits per heavy atom. The molecule has 0 fully saturated rings. The van der Waals surface area contributed by atoms with Gasteiger partial charge in [0.15, 0.2) is 0 Å². The van der Waals surface area contributed by atoms with Gasteiger partial charge in [-0.15, -0.1) is 0 Å². The molecule has 0 saturated carbocycles. The Bertz CT molecular complexity index is 153. The fourth-order valence-electron chi connectivity index (χ4n) is 0.532. The molecule has 0 radical (unpaired) electrons. The third-order valence-electron chi connectivity index (χ3n) is 1.14. The van der Waals surface area contributed by atoms with Gasteiger partial charge < -0.3 is 5.11 Å². The van der Waals surface area contributed by atoms with Crippen molar-refractivity contribution in [1.29, 1.82) is 0 Å². The Hall–Kier alpha value is -0.530. The van der Waals surface area contributed by atoms with Gasteiger partial charge in [0.2, 0.25) is 0 Å². The minimum absolute atomic E-state index is 0.238. The van der Waals surface area contributed by atoms with E-state index >= 15 is 0 Å². The summed E-state index contributed by atoms with van der Waals surface area (Å²) in [6.07, 6.45) is 1.71. The number of hydrogen-bond acceptors (Lipinski definition) is 1. The minimum Gasteiger partial charge on any atom is -0.481 e. The van der Waals surface area contributed by atoms with Crippen LogP contribution in [-0.4, -0.2) is 11.1 Å². The summed E-state index contributed by atoms with van der Waals surface area (Å²) in [5.41, 5.74) is 0. The Labute approximate surface area is 60.1 Å². The number of carboxylic acids is 1. The van der Waals surface area contributed by atoms with Crippen LogP contribution in [0.25, 0.3) is 0 Å². The van der Waals surface area contributed by atoms with Crippen LogP contribution in [0.2, 0.25) is 0 Å². The molecule has 1 unspecified atom stereocenters. The predicted molar refractivity (Wildman–Crippen MR) is 36.3 cm³/mol. The average molecular weight is 133 g/mol. The number of aliphatic carboxylic acids is 1. The van der Waals surface area contributed by atoms with Crippen molar-refractivity contribution in [2.75, 3.05) is 0 Å². The zero-order chi connectivity index (χ0) is 9.78. The zero-order valence-corrected chi connectivity index (χ0v) is 5.55. The molecule has 0 aliphatic carbocycles. The molecule has 0 aromatic heterocycles. The molecule has 0 bridgehead atoms. The molecule has 0 aliphatic rings. The molecule has 0 rings (SSSR count). The van der Waals surface area contributed by atoms with Crippen LogP contribution in [0.5, 0.6) is 0 Å². The van der Waals surface area contributed by atoms with Crippen LogP contribution in [0, 0.1) is 5.92 Å². The summed E-state index contributed by atoms with van der Waals surface area (Å²) in [6, 6.07) is 0. The van der Waals surface area contributed by atoms with Crippen LogP contribution < -0.4 is 0 Å². The minimum atomic E-state index is -2.36. The van der Waals surface area contributed by atoms with E-state index in [1.807, 2.05) is 6.92 Å². The van der Waals surface area contributed by atoms with E-state index in [1.54, 1.807) is 0 Å². The van der Waals surface area contributed by atoms with Gasteiger partial charge in [0, 0.05) is 4.11 Å². The van der Waals surface area contributed by atoms with E-state index in [2.05, 4.69) is 0 Å². The molecule has 0 aromatic rings. The van der Waals surface area contributed by atoms with Gasteiger partial charge >= 0.3 is 5.97 Å². The molecule has 54 valence electrons. The second-order valence-electron chi connectivity index (χ2n) is 2.03. The molecule has 0 amide bonds. The lowest BCUT2D eigenvalue weighted by molar-refractivity contribution is -0.141. The predicted octanol–water partition coefficient (Wildman–Crippen LogP) is 1.90.